The Morgan fingerprint density at radius 3 is 2.37 bits per heavy atom. The fourth-order valence-electron chi connectivity index (χ4n) is 11.8. The van der Waals surface area contributed by atoms with E-state index in [1.807, 2.05) is 72.8 Å². The second-order valence-corrected chi connectivity index (χ2v) is 16.8. The van der Waals surface area contributed by atoms with E-state index >= 15 is 0 Å². The minimum absolute atomic E-state index is 0.0535. The van der Waals surface area contributed by atoms with Gasteiger partial charge in [-0.05, 0) is 103 Å². The molecule has 7 heteroatoms. The van der Waals surface area contributed by atoms with Crippen LogP contribution in [0.5, 0.6) is 5.75 Å². The molecule has 3 aromatic carbocycles. The van der Waals surface area contributed by atoms with Crippen LogP contribution in [0.1, 0.15) is 74.9 Å². The molecule has 2 spiro atoms. The molecule has 1 aromatic heterocycles. The third kappa shape index (κ3) is 4.71. The molecule has 268 valence electrons. The Bertz CT molecular complexity index is 2110. The maximum absolute atomic E-state index is 14.5. The van der Waals surface area contributed by atoms with Crippen molar-refractivity contribution in [2.24, 2.45) is 33.5 Å². The highest BCUT2D eigenvalue weighted by Gasteiger charge is 2.74. The van der Waals surface area contributed by atoms with Crippen LogP contribution >= 0.6 is 0 Å². The molecule has 2 N–H and O–H groups in total. The van der Waals surface area contributed by atoms with Crippen LogP contribution < -0.4 is 4.74 Å². The summed E-state index contributed by atoms with van der Waals surface area (Å²) >= 11 is 0. The molecule has 0 aliphatic heterocycles. The van der Waals surface area contributed by atoms with E-state index in [-0.39, 0.29) is 36.1 Å². The van der Waals surface area contributed by atoms with E-state index in [9.17, 15) is 19.8 Å². The van der Waals surface area contributed by atoms with Crippen molar-refractivity contribution in [1.29, 1.82) is 0 Å². The van der Waals surface area contributed by atoms with Crippen molar-refractivity contribution in [2.75, 3.05) is 6.54 Å². The number of carbonyl (C=O) groups is 2. The zero-order chi connectivity index (χ0) is 35.9. The van der Waals surface area contributed by atoms with Gasteiger partial charge >= 0.3 is 6.09 Å². The zero-order valence-electron chi connectivity index (χ0n) is 30.0. The highest BCUT2D eigenvalue weighted by Crippen LogP contribution is 2.78. The molecule has 10 rings (SSSR count). The molecule has 1 heterocycles. The first-order valence-electron chi connectivity index (χ1n) is 18.9. The lowest BCUT2D eigenvalue weighted by Crippen LogP contribution is -2.67. The fraction of sp³-hybridized carbons (Fsp3) is 0.422. The Morgan fingerprint density at radius 2 is 1.58 bits per heavy atom. The molecular formula is C45H47NO6. The van der Waals surface area contributed by atoms with Crippen molar-refractivity contribution in [3.8, 4) is 5.75 Å². The minimum Gasteiger partial charge on any atom is -0.461 e. The van der Waals surface area contributed by atoms with Crippen molar-refractivity contribution in [2.45, 2.75) is 77.0 Å². The summed E-state index contributed by atoms with van der Waals surface area (Å²) in [5.74, 6) is 0.780. The topological polar surface area (TPSA) is 100 Å². The van der Waals surface area contributed by atoms with Gasteiger partial charge < -0.3 is 24.3 Å². The van der Waals surface area contributed by atoms with Gasteiger partial charge in [0.1, 0.15) is 5.75 Å². The molecule has 4 aromatic rings. The summed E-state index contributed by atoms with van der Waals surface area (Å²) in [4.78, 5) is 30.4. The molecule has 3 fully saturated rings. The van der Waals surface area contributed by atoms with Crippen LogP contribution in [0.4, 0.5) is 4.79 Å². The van der Waals surface area contributed by atoms with E-state index < -0.39 is 34.0 Å². The van der Waals surface area contributed by atoms with Gasteiger partial charge in [-0.25, -0.2) is 4.79 Å². The normalized spacial score (nSPS) is 35.7. The Morgan fingerprint density at radius 1 is 0.846 bits per heavy atom. The number of benzene rings is 3. The first kappa shape index (κ1) is 33.4. The van der Waals surface area contributed by atoms with Crippen LogP contribution in [0.15, 0.2) is 119 Å². The van der Waals surface area contributed by atoms with Crippen LogP contribution in [0.25, 0.3) is 10.8 Å². The Labute approximate surface area is 305 Å². The summed E-state index contributed by atoms with van der Waals surface area (Å²) < 4.78 is 11.8. The molecule has 0 radical (unpaired) electrons. The van der Waals surface area contributed by atoms with Gasteiger partial charge in [-0.3, -0.25) is 4.79 Å². The number of hydrogen-bond acceptors (Lipinski definition) is 6. The van der Waals surface area contributed by atoms with Gasteiger partial charge in [0.25, 0.3) is 0 Å². The Kier molecular flexibility index (Phi) is 7.56. The maximum Gasteiger partial charge on any atom is 0.415 e. The zero-order valence-corrected chi connectivity index (χ0v) is 30.0. The number of ether oxygens (including phenoxy) is 1. The lowest BCUT2D eigenvalue weighted by atomic mass is 9.32. The number of Topliss-reactive ketones (excluding diaryl/α,β-unsaturated/α-hetero) is 1. The average Bonchev–Trinajstić information content (AvgIpc) is 3.78. The largest absolute Gasteiger partial charge is 0.461 e. The predicted octanol–water partition coefficient (Wildman–Crippen LogP) is 8.91. The summed E-state index contributed by atoms with van der Waals surface area (Å²) in [6.07, 6.45) is 12.4. The third-order valence-electron chi connectivity index (χ3n) is 14.6. The summed E-state index contributed by atoms with van der Waals surface area (Å²) in [5.41, 5.74) is -1.33. The van der Waals surface area contributed by atoms with Crippen LogP contribution in [0.3, 0.4) is 0 Å². The van der Waals surface area contributed by atoms with Gasteiger partial charge in [0, 0.05) is 28.4 Å². The lowest BCUT2D eigenvalue weighted by molar-refractivity contribution is -0.175. The second kappa shape index (κ2) is 11.8. The Balaban J connectivity index is 1.09. The van der Waals surface area contributed by atoms with E-state index in [1.54, 1.807) is 23.3 Å². The number of ketones is 1. The summed E-state index contributed by atoms with van der Waals surface area (Å²) in [6, 6.07) is 27.0. The summed E-state index contributed by atoms with van der Waals surface area (Å²) in [6.45, 7) is 4.96. The number of furan rings is 1. The number of hydrogen-bond donors (Lipinski definition) is 2. The van der Waals surface area contributed by atoms with Crippen molar-refractivity contribution in [3.05, 3.63) is 126 Å². The molecule has 2 bridgehead atoms. The van der Waals surface area contributed by atoms with E-state index in [0.29, 0.717) is 30.8 Å². The van der Waals surface area contributed by atoms with Crippen LogP contribution in [-0.4, -0.2) is 45.2 Å². The number of rotatable bonds is 7. The molecule has 1 amide bonds. The van der Waals surface area contributed by atoms with E-state index in [1.165, 1.54) is 0 Å². The predicted molar refractivity (Wildman–Crippen MR) is 198 cm³/mol. The van der Waals surface area contributed by atoms with E-state index in [2.05, 4.69) is 32.1 Å². The molecule has 6 aliphatic rings. The van der Waals surface area contributed by atoms with E-state index in [0.717, 1.165) is 47.6 Å². The second-order valence-electron chi connectivity index (χ2n) is 16.8. The molecule has 7 nitrogen and oxygen atoms in total. The molecular weight excluding hydrogens is 650 g/mol. The SMILES string of the molecule is C[C@]12CC[C@H]3[C@]4(C=C[C@@]5(C=C4C(=O)c4ccco4)CC(O)CC[C@]35C)[C@@H]1CC[C@@]2(O)CN(Cc1ccccc1)C(=O)Oc1ccc2ccccc2c1. The summed E-state index contributed by atoms with van der Waals surface area (Å²) in [5, 5.41) is 26.1. The number of aliphatic hydroxyl groups excluding tert-OH is 1. The van der Waals surface area contributed by atoms with Crippen LogP contribution in [0, 0.1) is 33.5 Å². The number of carbonyl (C=O) groups excluding carboxylic acids is 2. The van der Waals surface area contributed by atoms with E-state index in [4.69, 9.17) is 9.15 Å². The van der Waals surface area contributed by atoms with Gasteiger partial charge in [0.05, 0.1) is 24.5 Å². The molecule has 52 heavy (non-hydrogen) atoms. The molecule has 3 saturated carbocycles. The average molecular weight is 698 g/mol. The summed E-state index contributed by atoms with van der Waals surface area (Å²) in [7, 11) is 0. The maximum atomic E-state index is 14.5. The van der Waals surface area contributed by atoms with Gasteiger partial charge in [-0.2, -0.15) is 0 Å². The first-order valence-corrected chi connectivity index (χ1v) is 18.9. The van der Waals surface area contributed by atoms with Crippen molar-refractivity contribution >= 4 is 22.6 Å². The van der Waals surface area contributed by atoms with Gasteiger partial charge in [0.15, 0.2) is 5.76 Å². The number of fused-ring (bicyclic) bond motifs is 2. The number of amides is 1. The van der Waals surface area contributed by atoms with Gasteiger partial charge in [-0.1, -0.05) is 92.7 Å². The molecule has 1 unspecified atom stereocenters. The van der Waals surface area contributed by atoms with Gasteiger partial charge in [0.2, 0.25) is 5.78 Å². The first-order chi connectivity index (χ1) is 25.0. The Hall–Kier alpha value is -4.46. The molecule has 8 atom stereocenters. The van der Waals surface area contributed by atoms with Crippen LogP contribution in [0.2, 0.25) is 0 Å². The minimum atomic E-state index is -1.24. The monoisotopic (exact) mass is 697 g/mol. The molecule has 6 aliphatic carbocycles. The highest BCUT2D eigenvalue weighted by atomic mass is 16.6. The van der Waals surface area contributed by atoms with Crippen LogP contribution in [-0.2, 0) is 6.54 Å². The fourth-order valence-corrected chi connectivity index (χ4v) is 11.8. The number of nitrogens with zero attached hydrogens (tertiary/aromatic N) is 1. The lowest BCUT2D eigenvalue weighted by Gasteiger charge is -2.71. The number of allylic oxidation sites excluding steroid dienone is 4. The molecule has 0 saturated heterocycles. The quantitative estimate of drug-likeness (QED) is 0.148. The van der Waals surface area contributed by atoms with Crippen molar-refractivity contribution in [1.82, 2.24) is 4.90 Å². The standard InChI is InChI=1S/C45H47NO6/c1-41-19-16-33(47)26-43(41)22-23-45(35(27-43)39(48)36-13-8-24-51-36)37(41)17-20-42(2)38(45)18-21-44(42,50)29-46(28-30-9-4-3-5-10-30)40(49)52-34-15-14-31-11-6-7-12-32(31)25-34/h3-15,22-25,27,33,37-38,47,50H,16-21,26,28-29H2,1-2H3/t33?,37-,38-,41-,42+,43+,44-,45-/m1/s1. The van der Waals surface area contributed by atoms with Gasteiger partial charge in [-0.15, -0.1) is 0 Å². The third-order valence-corrected chi connectivity index (χ3v) is 14.6. The smallest absolute Gasteiger partial charge is 0.415 e. The highest BCUT2D eigenvalue weighted by molar-refractivity contribution is 6.08. The van der Waals surface area contributed by atoms with Crippen molar-refractivity contribution in [3.63, 3.8) is 0 Å². The van der Waals surface area contributed by atoms with Crippen molar-refractivity contribution < 1.29 is 29.0 Å². The number of aliphatic hydroxyl groups is 2.